The number of hydrogen-bond acceptors (Lipinski definition) is 5. The summed E-state index contributed by atoms with van der Waals surface area (Å²) in [6.45, 7) is 0. The summed E-state index contributed by atoms with van der Waals surface area (Å²) in [5, 5.41) is 0. The Kier molecular flexibility index (Phi) is 12.1. The molecule has 9 aromatic rings. The van der Waals surface area contributed by atoms with Crippen LogP contribution >= 0.6 is 0 Å². The van der Waals surface area contributed by atoms with Gasteiger partial charge in [0.1, 0.15) is 5.75 Å². The molecular weight excluding hydrogens is 908 g/mol. The zero-order valence-electron chi connectivity index (χ0n) is 31.7. The maximum atomic E-state index is 6.69. The van der Waals surface area contributed by atoms with Gasteiger partial charge in [0.15, 0.2) is 0 Å². The van der Waals surface area contributed by atoms with Crippen LogP contribution in [0.3, 0.4) is 0 Å². The smallest absolute Gasteiger partial charge is 0.503 e. The molecule has 5 nitrogen and oxygen atoms in total. The molecule has 0 atom stereocenters. The summed E-state index contributed by atoms with van der Waals surface area (Å²) in [7, 11) is 0. The van der Waals surface area contributed by atoms with E-state index in [2.05, 4.69) is 82.6 Å². The molecule has 286 valence electrons. The molecule has 0 aliphatic carbocycles. The molecule has 0 saturated heterocycles. The van der Waals surface area contributed by atoms with Gasteiger partial charge in [0, 0.05) is 46.0 Å². The van der Waals surface area contributed by atoms with Gasteiger partial charge in [0.25, 0.3) is 0 Å². The zero-order valence-corrected chi connectivity index (χ0v) is 33.9. The largest absolute Gasteiger partial charge is 3.00 e. The van der Waals surface area contributed by atoms with Gasteiger partial charge in [0.05, 0.1) is 5.75 Å². The average Bonchev–Trinajstić information content (AvgIpc) is 3.29. The summed E-state index contributed by atoms with van der Waals surface area (Å²) in [6, 6.07) is 82.8. The first-order chi connectivity index (χ1) is 28.7. The molecule has 0 bridgehead atoms. The molecule has 9 rings (SSSR count). The molecule has 59 heavy (non-hydrogen) atoms. The van der Waals surface area contributed by atoms with Gasteiger partial charge in [0.2, 0.25) is 0 Å². The van der Waals surface area contributed by atoms with E-state index in [1.165, 1.54) is 0 Å². The van der Waals surface area contributed by atoms with Crippen molar-refractivity contribution < 1.29 is 31.9 Å². The Morgan fingerprint density at radius 3 is 1.46 bits per heavy atom. The zero-order chi connectivity index (χ0) is 38.9. The molecule has 8 aromatic carbocycles. The Morgan fingerprint density at radius 2 is 0.881 bits per heavy atom. The fourth-order valence-electron chi connectivity index (χ4n) is 6.83. The van der Waals surface area contributed by atoms with Crippen molar-refractivity contribution in [1.82, 2.24) is 4.98 Å². The Balaban J connectivity index is 0.00000484. The normalized spacial score (nSPS) is 10.6. The summed E-state index contributed by atoms with van der Waals surface area (Å²) < 4.78 is 13.3. The molecule has 0 unspecified atom stereocenters. The average molecular weight is 944 g/mol. The number of nitrogens with zero attached hydrogens (tertiary/aromatic N) is 3. The van der Waals surface area contributed by atoms with Crippen LogP contribution in [-0.2, 0) is 22.4 Å². The van der Waals surface area contributed by atoms with Gasteiger partial charge in [-0.1, -0.05) is 115 Å². The Labute approximate surface area is 360 Å². The van der Waals surface area contributed by atoms with Crippen LogP contribution in [0, 0.1) is 18.2 Å². The Hall–Kier alpha value is -7.15. The van der Waals surface area contributed by atoms with E-state index in [9.17, 15) is 0 Å². The molecule has 0 radical (unpaired) electrons. The predicted molar refractivity (Wildman–Crippen MR) is 234 cm³/mol. The van der Waals surface area contributed by atoms with Crippen LogP contribution in [0.25, 0.3) is 22.5 Å². The second-order valence-corrected chi connectivity index (χ2v) is 13.4. The summed E-state index contributed by atoms with van der Waals surface area (Å²) in [5.41, 5.74) is 9.14. The molecule has 1 heterocycles. The van der Waals surface area contributed by atoms with Crippen molar-refractivity contribution in [3.05, 3.63) is 237 Å². The summed E-state index contributed by atoms with van der Waals surface area (Å²) >= 11 is 0. The van der Waals surface area contributed by atoms with Gasteiger partial charge in [-0.3, -0.25) is 0 Å². The number of para-hydroxylation sites is 4. The SMILES string of the molecule is [Au+3].[c-]1ccc(N(c2ccccc2)c2ccccc2)cc1Oc1[c-]c(-c2cccc(-c3[c-]cccc3)n2)cc(Oc2cccc(N(c3ccccc3)c3ccccc3)c2)c1. The maximum Gasteiger partial charge on any atom is 3.00 e. The van der Waals surface area contributed by atoms with Crippen molar-refractivity contribution in [3.8, 4) is 45.5 Å². The van der Waals surface area contributed by atoms with Crippen LogP contribution in [0.2, 0.25) is 0 Å². The molecule has 0 fully saturated rings. The van der Waals surface area contributed by atoms with E-state index >= 15 is 0 Å². The number of ether oxygens (including phenoxy) is 2. The van der Waals surface area contributed by atoms with Crippen LogP contribution in [0.1, 0.15) is 0 Å². The minimum atomic E-state index is 0. The Morgan fingerprint density at radius 1 is 0.356 bits per heavy atom. The van der Waals surface area contributed by atoms with Crippen molar-refractivity contribution in [1.29, 1.82) is 0 Å². The first kappa shape index (κ1) is 38.7. The first-order valence-electron chi connectivity index (χ1n) is 19.0. The van der Waals surface area contributed by atoms with Crippen LogP contribution in [0.4, 0.5) is 34.1 Å². The van der Waals surface area contributed by atoms with Gasteiger partial charge >= 0.3 is 22.4 Å². The second-order valence-electron chi connectivity index (χ2n) is 13.4. The quantitative estimate of drug-likeness (QED) is 0.0901. The number of hydrogen-bond donors (Lipinski definition) is 0. The van der Waals surface area contributed by atoms with Crippen LogP contribution in [0.5, 0.6) is 23.0 Å². The van der Waals surface area contributed by atoms with E-state index in [1.807, 2.05) is 164 Å². The van der Waals surface area contributed by atoms with E-state index in [-0.39, 0.29) is 22.4 Å². The van der Waals surface area contributed by atoms with Crippen LogP contribution in [-0.4, -0.2) is 4.98 Å². The first-order valence-corrected chi connectivity index (χ1v) is 19.0. The molecule has 6 heteroatoms. The van der Waals surface area contributed by atoms with Gasteiger partial charge in [-0.2, -0.15) is 6.07 Å². The predicted octanol–water partition coefficient (Wildman–Crippen LogP) is 14.3. The number of pyridine rings is 1. The minimum absolute atomic E-state index is 0. The molecular formula is C53H36AuN3O2. The standard InChI is InChI=1S/C53H36N3O2.Au/c1-6-19-40(20-7-1)52-33-18-34-53(54-52)41-35-50(57-48-31-16-29-46(37-48)55(42-21-8-2-9-22-42)43-23-10-3-11-24-43)39-51(36-41)58-49-32-17-30-47(38-49)56(44-25-12-4-13-26-44)45-27-14-5-15-28-45;/h1-19,21-31,33-35,37-39H;/q-3;+3. The third-order valence-corrected chi connectivity index (χ3v) is 9.43. The number of aromatic nitrogens is 1. The summed E-state index contributed by atoms with van der Waals surface area (Å²) in [4.78, 5) is 9.42. The molecule has 0 saturated carbocycles. The molecule has 0 spiro atoms. The van der Waals surface area contributed by atoms with Gasteiger partial charge in [-0.15, -0.1) is 65.7 Å². The van der Waals surface area contributed by atoms with Crippen LogP contribution in [0.15, 0.2) is 218 Å². The molecule has 0 aliphatic rings. The molecule has 1 aromatic heterocycles. The maximum absolute atomic E-state index is 6.69. The fraction of sp³-hybridized carbons (Fsp3) is 0. The number of anilines is 6. The molecule has 0 N–H and O–H groups in total. The van der Waals surface area contributed by atoms with E-state index in [4.69, 9.17) is 14.5 Å². The molecule has 0 aliphatic heterocycles. The molecule has 0 amide bonds. The van der Waals surface area contributed by atoms with Crippen molar-refractivity contribution in [2.75, 3.05) is 9.80 Å². The van der Waals surface area contributed by atoms with Crippen LogP contribution < -0.4 is 19.3 Å². The van der Waals surface area contributed by atoms with Crippen molar-refractivity contribution in [3.63, 3.8) is 0 Å². The summed E-state index contributed by atoms with van der Waals surface area (Å²) in [5.74, 6) is 2.21. The van der Waals surface area contributed by atoms with E-state index in [0.717, 1.165) is 51.1 Å². The summed E-state index contributed by atoms with van der Waals surface area (Å²) in [6.07, 6.45) is 0. The van der Waals surface area contributed by atoms with Gasteiger partial charge in [-0.05, 0) is 72.1 Å². The fourth-order valence-corrected chi connectivity index (χ4v) is 6.83. The second kappa shape index (κ2) is 18.4. The third kappa shape index (κ3) is 9.20. The van der Waals surface area contributed by atoms with E-state index in [0.29, 0.717) is 28.6 Å². The number of rotatable bonds is 12. The topological polar surface area (TPSA) is 37.8 Å². The van der Waals surface area contributed by atoms with Crippen molar-refractivity contribution >= 4 is 34.1 Å². The Bertz CT molecular complexity index is 2510. The van der Waals surface area contributed by atoms with E-state index in [1.54, 1.807) is 0 Å². The number of benzene rings is 8. The van der Waals surface area contributed by atoms with E-state index < -0.39 is 0 Å². The third-order valence-electron chi connectivity index (χ3n) is 9.43. The van der Waals surface area contributed by atoms with Crippen molar-refractivity contribution in [2.45, 2.75) is 0 Å². The monoisotopic (exact) mass is 943 g/mol. The van der Waals surface area contributed by atoms with Gasteiger partial charge < -0.3 is 24.3 Å². The minimum Gasteiger partial charge on any atom is -0.503 e. The van der Waals surface area contributed by atoms with Crippen molar-refractivity contribution in [2.24, 2.45) is 0 Å². The van der Waals surface area contributed by atoms with Gasteiger partial charge in [-0.25, -0.2) is 0 Å².